The first-order valence-corrected chi connectivity index (χ1v) is 23.9. The number of hydrogen-bond acceptors (Lipinski definition) is 6. The molecule has 3 aromatic carbocycles. The molecule has 0 bridgehead atoms. The van der Waals surface area contributed by atoms with Crippen LogP contribution in [-0.4, -0.2) is 30.0 Å². The summed E-state index contributed by atoms with van der Waals surface area (Å²) in [5, 5.41) is 29.9. The Morgan fingerprint density at radius 2 is 0.541 bits per heavy atom. The Kier molecular flexibility index (Phi) is 24.5. The lowest BCUT2D eigenvalue weighted by atomic mass is 9.72. The second-order valence-corrected chi connectivity index (χ2v) is 24.8. The van der Waals surface area contributed by atoms with E-state index in [2.05, 4.69) is 125 Å². The van der Waals surface area contributed by atoms with Crippen LogP contribution in [0.4, 0.5) is 0 Å². The van der Waals surface area contributed by atoms with Crippen molar-refractivity contribution in [2.24, 2.45) is 50.2 Å². The molecule has 0 aromatic heterocycles. The Hall–Kier alpha value is -2.63. The molecule has 6 nitrogen and oxygen atoms in total. The average molecular weight is 869 g/mol. The van der Waals surface area contributed by atoms with E-state index in [9.17, 15) is 15.3 Å². The van der Waals surface area contributed by atoms with Crippen LogP contribution < -0.4 is 0 Å². The summed E-state index contributed by atoms with van der Waals surface area (Å²) < 4.78 is 0. The number of phenols is 3. The molecule has 0 amide bonds. The molecule has 0 saturated carbocycles. The Balaban J connectivity index is 0.000000846. The molecule has 0 radical (unpaired) electrons. The van der Waals surface area contributed by atoms with E-state index in [-0.39, 0.29) is 16.2 Å². The SMILES string of the molecule is CC(C)(C)CCC(Cc1ccccc1O)C(C)(C)C.CC(C)(C)CCC(Cc1ccccc1O)C(C)(C)C.CC(C)(C)CCC(Cc1ccccc1O)C(C)(C)C.OP(O)O. The van der Waals surface area contributed by atoms with Crippen LogP contribution in [0.25, 0.3) is 0 Å². The van der Waals surface area contributed by atoms with Crippen molar-refractivity contribution >= 4 is 8.60 Å². The predicted octanol–water partition coefficient (Wildman–Crippen LogP) is 15.5. The summed E-state index contributed by atoms with van der Waals surface area (Å²) in [5.41, 5.74) is 5.19. The zero-order valence-corrected chi connectivity index (χ0v) is 43.0. The van der Waals surface area contributed by atoms with Crippen LogP contribution in [0.2, 0.25) is 0 Å². The van der Waals surface area contributed by atoms with Crippen LogP contribution in [0, 0.1) is 50.2 Å². The number of aromatic hydroxyl groups is 3. The third-order valence-electron chi connectivity index (χ3n) is 11.8. The van der Waals surface area contributed by atoms with Crippen LogP contribution in [0.1, 0.15) is 180 Å². The van der Waals surface area contributed by atoms with E-state index in [0.29, 0.717) is 51.2 Å². The fraction of sp³-hybridized carbons (Fsp3) is 0.667. The quantitative estimate of drug-likeness (QED) is 0.101. The molecule has 0 aliphatic carbocycles. The molecular weight excluding hydrogens is 776 g/mol. The molecule has 0 fully saturated rings. The van der Waals surface area contributed by atoms with Gasteiger partial charge in [0.15, 0.2) is 0 Å². The summed E-state index contributed by atoms with van der Waals surface area (Å²) in [7, 11) is -2.62. The summed E-state index contributed by atoms with van der Waals surface area (Å²) in [5.74, 6) is 3.10. The van der Waals surface area contributed by atoms with Gasteiger partial charge in [-0.2, -0.15) is 0 Å². The molecule has 0 spiro atoms. The van der Waals surface area contributed by atoms with Crippen LogP contribution in [-0.2, 0) is 19.3 Å². The van der Waals surface area contributed by atoms with Crippen molar-refractivity contribution in [3.05, 3.63) is 89.5 Å². The fourth-order valence-electron chi connectivity index (χ4n) is 7.19. The van der Waals surface area contributed by atoms with E-state index >= 15 is 0 Å². The summed E-state index contributed by atoms with van der Waals surface area (Å²) >= 11 is 0. The van der Waals surface area contributed by atoms with Crippen LogP contribution in [0.5, 0.6) is 17.2 Å². The van der Waals surface area contributed by atoms with Crippen molar-refractivity contribution in [1.82, 2.24) is 0 Å². The molecule has 61 heavy (non-hydrogen) atoms. The highest BCUT2D eigenvalue weighted by molar-refractivity contribution is 7.38. The van der Waals surface area contributed by atoms with E-state index in [1.807, 2.05) is 54.6 Å². The molecular formula is C54H93O6P. The minimum absolute atomic E-state index is 0.271. The molecule has 6 N–H and O–H groups in total. The number of benzene rings is 3. The average Bonchev–Trinajstić information content (AvgIpc) is 3.06. The van der Waals surface area contributed by atoms with Crippen molar-refractivity contribution in [2.75, 3.05) is 0 Å². The molecule has 3 unspecified atom stereocenters. The number of phenolic OH excluding ortho intramolecular Hbond substituents is 3. The number of hydrogen-bond donors (Lipinski definition) is 6. The maximum absolute atomic E-state index is 9.95. The predicted molar refractivity (Wildman–Crippen MR) is 264 cm³/mol. The summed E-state index contributed by atoms with van der Waals surface area (Å²) in [6, 6.07) is 23.2. The van der Waals surface area contributed by atoms with Crippen LogP contribution in [0.3, 0.4) is 0 Å². The molecule has 7 heteroatoms. The van der Waals surface area contributed by atoms with Gasteiger partial charge in [0.2, 0.25) is 0 Å². The Morgan fingerprint density at radius 3 is 0.689 bits per heavy atom. The maximum atomic E-state index is 9.95. The van der Waals surface area contributed by atoms with Gasteiger partial charge in [0.05, 0.1) is 0 Å². The van der Waals surface area contributed by atoms with Gasteiger partial charge in [0.25, 0.3) is 0 Å². The van der Waals surface area contributed by atoms with Gasteiger partial charge in [-0.3, -0.25) is 0 Å². The van der Waals surface area contributed by atoms with Gasteiger partial charge in [-0.25, -0.2) is 0 Å². The maximum Gasteiger partial charge on any atom is 0.324 e. The standard InChI is InChI=1S/3C18H30O.H3O3P/c3*1-17(2,3)12-11-15(18(4,5)6)13-14-9-7-8-10-16(14)19;1-4(2)3/h3*7-10,15,19H,11-13H2,1-6H3;1-3H. The van der Waals surface area contributed by atoms with Gasteiger partial charge < -0.3 is 30.0 Å². The van der Waals surface area contributed by atoms with Gasteiger partial charge >= 0.3 is 8.60 Å². The van der Waals surface area contributed by atoms with E-state index in [4.69, 9.17) is 14.7 Å². The smallest absolute Gasteiger partial charge is 0.324 e. The van der Waals surface area contributed by atoms with E-state index in [1.165, 1.54) is 38.5 Å². The highest BCUT2D eigenvalue weighted by Gasteiger charge is 2.29. The lowest BCUT2D eigenvalue weighted by Crippen LogP contribution is -2.24. The van der Waals surface area contributed by atoms with Gasteiger partial charge in [-0.05, 0) is 143 Å². The first-order chi connectivity index (χ1) is 27.5. The molecule has 3 atom stereocenters. The van der Waals surface area contributed by atoms with Crippen molar-refractivity contribution in [3.63, 3.8) is 0 Å². The highest BCUT2D eigenvalue weighted by atomic mass is 31.2. The minimum Gasteiger partial charge on any atom is -0.508 e. The monoisotopic (exact) mass is 869 g/mol. The molecule has 0 aliphatic rings. The lowest BCUT2D eigenvalue weighted by molar-refractivity contribution is 0.193. The molecule has 0 aliphatic heterocycles. The van der Waals surface area contributed by atoms with Crippen molar-refractivity contribution in [2.45, 2.75) is 182 Å². The van der Waals surface area contributed by atoms with Crippen molar-refractivity contribution in [1.29, 1.82) is 0 Å². The second kappa shape index (κ2) is 25.6. The molecule has 0 saturated heterocycles. The van der Waals surface area contributed by atoms with Gasteiger partial charge in [0, 0.05) is 0 Å². The molecule has 0 heterocycles. The van der Waals surface area contributed by atoms with Gasteiger partial charge in [-0.1, -0.05) is 179 Å². The summed E-state index contributed by atoms with van der Waals surface area (Å²) in [6.45, 7) is 41.4. The van der Waals surface area contributed by atoms with E-state index in [1.54, 1.807) is 18.2 Å². The zero-order valence-electron chi connectivity index (χ0n) is 42.2. The Morgan fingerprint density at radius 1 is 0.361 bits per heavy atom. The lowest BCUT2D eigenvalue weighted by Gasteiger charge is -2.33. The normalized spacial score (nSPS) is 14.1. The largest absolute Gasteiger partial charge is 0.508 e. The van der Waals surface area contributed by atoms with Crippen LogP contribution in [0.15, 0.2) is 72.8 Å². The third kappa shape index (κ3) is 28.6. The van der Waals surface area contributed by atoms with E-state index < -0.39 is 8.60 Å². The van der Waals surface area contributed by atoms with E-state index in [0.717, 1.165) is 36.0 Å². The molecule has 3 aromatic rings. The first-order valence-electron chi connectivity index (χ1n) is 22.7. The topological polar surface area (TPSA) is 121 Å². The molecule has 350 valence electrons. The van der Waals surface area contributed by atoms with Gasteiger partial charge in [0.1, 0.15) is 17.2 Å². The number of rotatable bonds is 12. The minimum atomic E-state index is -2.62. The fourth-order valence-corrected chi connectivity index (χ4v) is 7.19. The zero-order chi connectivity index (χ0) is 47.6. The Bertz CT molecular complexity index is 1430. The second-order valence-electron chi connectivity index (χ2n) is 24.3. The molecule has 3 rings (SSSR count). The first kappa shape index (κ1) is 58.4. The van der Waals surface area contributed by atoms with Crippen molar-refractivity contribution < 1.29 is 30.0 Å². The van der Waals surface area contributed by atoms with Gasteiger partial charge in [-0.15, -0.1) is 0 Å². The highest BCUT2D eigenvalue weighted by Crippen LogP contribution is 2.40. The van der Waals surface area contributed by atoms with Crippen LogP contribution >= 0.6 is 8.60 Å². The third-order valence-corrected chi connectivity index (χ3v) is 11.8. The Labute approximate surface area is 376 Å². The summed E-state index contributed by atoms with van der Waals surface area (Å²) in [4.78, 5) is 21.7. The number of para-hydroxylation sites is 3. The van der Waals surface area contributed by atoms with Crippen molar-refractivity contribution in [3.8, 4) is 17.2 Å². The summed E-state index contributed by atoms with van der Waals surface area (Å²) in [6.07, 6.45) is 10.2.